The normalized spacial score (nSPS) is 23.1. The average molecular weight is 374 g/mol. The number of halogens is 1. The smallest absolute Gasteiger partial charge is 0.221 e. The van der Waals surface area contributed by atoms with Gasteiger partial charge in [-0.2, -0.15) is 0 Å². The summed E-state index contributed by atoms with van der Waals surface area (Å²) in [5, 5.41) is 2.95. The molecule has 4 rings (SSSR count). The van der Waals surface area contributed by atoms with Crippen LogP contribution in [0.2, 0.25) is 0 Å². The molecule has 2 atom stereocenters. The molecule has 4 nitrogen and oxygen atoms in total. The Morgan fingerprint density at radius 2 is 1.96 bits per heavy atom. The van der Waals surface area contributed by atoms with Crippen molar-refractivity contribution < 1.29 is 9.18 Å². The quantitative estimate of drug-likeness (QED) is 0.746. The lowest BCUT2D eigenvalue weighted by Crippen LogP contribution is -2.44. The van der Waals surface area contributed by atoms with Gasteiger partial charge in [0.1, 0.15) is 5.82 Å². The molecule has 148 valence electrons. The Balaban J connectivity index is 1.43. The summed E-state index contributed by atoms with van der Waals surface area (Å²) in [6.45, 7) is 10.0. The molecule has 1 aromatic rings. The number of fused-ring (bicyclic) bond motifs is 4. The fourth-order valence-electron chi connectivity index (χ4n) is 4.13. The number of piperidine rings is 1. The van der Waals surface area contributed by atoms with Crippen LogP contribution >= 0.6 is 0 Å². The molecule has 2 bridgehead atoms. The van der Waals surface area contributed by atoms with Crippen molar-refractivity contribution in [3.63, 3.8) is 0 Å². The molecule has 0 aliphatic carbocycles. The van der Waals surface area contributed by atoms with Crippen molar-refractivity contribution in [2.24, 2.45) is 5.92 Å². The number of carbonyl (C=O) groups is 1. The maximum absolute atomic E-state index is 12.9. The number of nitrogens with zero attached hydrogens (tertiary/aromatic N) is 2. The Morgan fingerprint density at radius 3 is 2.70 bits per heavy atom. The van der Waals surface area contributed by atoms with Gasteiger partial charge in [-0.25, -0.2) is 4.39 Å². The summed E-state index contributed by atoms with van der Waals surface area (Å²) < 4.78 is 12.9. The summed E-state index contributed by atoms with van der Waals surface area (Å²) in [5.74, 6) is 0.536. The number of hydrogen-bond acceptors (Lipinski definition) is 3. The van der Waals surface area contributed by atoms with Gasteiger partial charge in [-0.15, -0.1) is 0 Å². The highest BCUT2D eigenvalue weighted by molar-refractivity contribution is 5.76. The van der Waals surface area contributed by atoms with Crippen LogP contribution in [0.1, 0.15) is 38.7 Å². The minimum Gasteiger partial charge on any atom is -0.352 e. The second kappa shape index (κ2) is 9.47. The van der Waals surface area contributed by atoms with Gasteiger partial charge in [0.2, 0.25) is 5.91 Å². The number of carbonyl (C=O) groups excluding carboxylic acids is 1. The summed E-state index contributed by atoms with van der Waals surface area (Å²) >= 11 is 0. The molecule has 0 radical (unpaired) electrons. The average Bonchev–Trinajstić information content (AvgIpc) is 2.95. The third-order valence-electron chi connectivity index (χ3n) is 5.69. The van der Waals surface area contributed by atoms with Crippen molar-refractivity contribution in [1.82, 2.24) is 15.1 Å². The number of rotatable bonds is 7. The van der Waals surface area contributed by atoms with Gasteiger partial charge in [0.25, 0.3) is 0 Å². The lowest BCUT2D eigenvalue weighted by molar-refractivity contribution is -0.121. The molecule has 27 heavy (non-hydrogen) atoms. The molecule has 3 heterocycles. The highest BCUT2D eigenvalue weighted by atomic mass is 19.1. The Kier molecular flexibility index (Phi) is 7.02. The Morgan fingerprint density at radius 1 is 1.19 bits per heavy atom. The van der Waals surface area contributed by atoms with Crippen molar-refractivity contribution in [2.45, 2.75) is 45.7 Å². The second-order valence-corrected chi connectivity index (χ2v) is 8.25. The first kappa shape index (κ1) is 20.0. The number of benzene rings is 1. The fourth-order valence-corrected chi connectivity index (χ4v) is 4.13. The van der Waals surface area contributed by atoms with E-state index in [2.05, 4.69) is 35.0 Å². The minimum atomic E-state index is -0.250. The van der Waals surface area contributed by atoms with Crippen LogP contribution in [-0.2, 0) is 11.3 Å². The molecule has 1 aromatic carbocycles. The summed E-state index contributed by atoms with van der Waals surface area (Å²) in [6.07, 6.45) is 5.43. The zero-order valence-corrected chi connectivity index (χ0v) is 16.6. The number of amides is 1. The van der Waals surface area contributed by atoms with E-state index in [0.29, 0.717) is 19.0 Å². The lowest BCUT2D eigenvalue weighted by atomic mass is 9.95. The monoisotopic (exact) mass is 373 g/mol. The Bertz CT molecular complexity index is 654. The first-order valence-electron chi connectivity index (χ1n) is 10.1. The van der Waals surface area contributed by atoms with E-state index in [0.717, 1.165) is 37.7 Å². The van der Waals surface area contributed by atoms with Gasteiger partial charge in [0, 0.05) is 51.7 Å². The molecule has 3 aliphatic rings. The van der Waals surface area contributed by atoms with Crippen LogP contribution < -0.4 is 5.32 Å². The zero-order chi connectivity index (χ0) is 19.2. The topological polar surface area (TPSA) is 35.6 Å². The van der Waals surface area contributed by atoms with Gasteiger partial charge in [0.05, 0.1) is 0 Å². The maximum atomic E-state index is 12.9. The van der Waals surface area contributed by atoms with Gasteiger partial charge < -0.3 is 10.2 Å². The van der Waals surface area contributed by atoms with Crippen LogP contribution in [0.3, 0.4) is 0 Å². The summed E-state index contributed by atoms with van der Waals surface area (Å²) in [4.78, 5) is 17.3. The summed E-state index contributed by atoms with van der Waals surface area (Å²) in [7, 11) is 0. The Hall–Kier alpha value is -1.72. The van der Waals surface area contributed by atoms with Gasteiger partial charge in [-0.3, -0.25) is 9.69 Å². The highest BCUT2D eigenvalue weighted by Crippen LogP contribution is 2.28. The van der Waals surface area contributed by atoms with Gasteiger partial charge in [-0.05, 0) is 50.3 Å². The van der Waals surface area contributed by atoms with Crippen LogP contribution in [0.4, 0.5) is 4.39 Å². The lowest BCUT2D eigenvalue weighted by Gasteiger charge is -2.35. The molecule has 0 unspecified atom stereocenters. The van der Waals surface area contributed by atoms with Crippen LogP contribution in [0.15, 0.2) is 35.9 Å². The molecule has 0 saturated carbocycles. The van der Waals surface area contributed by atoms with E-state index < -0.39 is 0 Å². The molecule has 1 N–H and O–H groups in total. The fraction of sp³-hybridized carbons (Fsp3) is 0.591. The van der Waals surface area contributed by atoms with Crippen LogP contribution in [-0.4, -0.2) is 54.5 Å². The number of allylic oxidation sites excluding steroid dienone is 1. The van der Waals surface area contributed by atoms with Gasteiger partial charge in [0.15, 0.2) is 0 Å². The van der Waals surface area contributed by atoms with Crippen LogP contribution in [0.5, 0.6) is 0 Å². The van der Waals surface area contributed by atoms with Crippen molar-refractivity contribution in [1.29, 1.82) is 0 Å². The maximum Gasteiger partial charge on any atom is 0.221 e. The molecule has 3 saturated heterocycles. The standard InChI is InChI=1S/C22H32FN3O/c1-17(2)9-12-26-15-19-5-8-21(26)16-25(14-19)11-10-22(27)24-13-18-3-6-20(23)7-4-18/h3-4,6-7,9,19,21H,5,8,10-16H2,1-2H3,(H,24,27)/t19-,21+/m1/s1. The van der Waals surface area contributed by atoms with E-state index in [4.69, 9.17) is 0 Å². The zero-order valence-electron chi connectivity index (χ0n) is 16.6. The highest BCUT2D eigenvalue weighted by Gasteiger charge is 2.34. The first-order valence-corrected chi connectivity index (χ1v) is 10.1. The number of nitrogens with one attached hydrogen (secondary N) is 1. The first-order chi connectivity index (χ1) is 13.0. The van der Waals surface area contributed by atoms with Crippen LogP contribution in [0, 0.1) is 11.7 Å². The molecule has 0 spiro atoms. The predicted octanol–water partition coefficient (Wildman–Crippen LogP) is 3.19. The SMILES string of the molecule is CC(C)=CCN1C[C@@H]2CC[C@H]1CN(CCC(=O)NCc1ccc(F)cc1)C2. The van der Waals surface area contributed by atoms with E-state index in [9.17, 15) is 9.18 Å². The Labute approximate surface area is 162 Å². The largest absolute Gasteiger partial charge is 0.352 e. The third kappa shape index (κ3) is 6.15. The molecule has 1 amide bonds. The molecule has 5 heteroatoms. The van der Waals surface area contributed by atoms with E-state index in [1.54, 1.807) is 12.1 Å². The van der Waals surface area contributed by atoms with Crippen LogP contribution in [0.25, 0.3) is 0 Å². The second-order valence-electron chi connectivity index (χ2n) is 8.25. The third-order valence-corrected chi connectivity index (χ3v) is 5.69. The summed E-state index contributed by atoms with van der Waals surface area (Å²) in [6, 6.07) is 6.89. The van der Waals surface area contributed by atoms with Crippen molar-refractivity contribution >= 4 is 5.91 Å². The minimum absolute atomic E-state index is 0.0670. The van der Waals surface area contributed by atoms with Crippen molar-refractivity contribution in [3.05, 3.63) is 47.3 Å². The molecular formula is C22H32FN3O. The predicted molar refractivity (Wildman–Crippen MR) is 107 cm³/mol. The molecule has 3 aliphatic heterocycles. The summed E-state index contributed by atoms with van der Waals surface area (Å²) in [5.41, 5.74) is 2.30. The number of hydrogen-bond donors (Lipinski definition) is 1. The van der Waals surface area contributed by atoms with E-state index in [-0.39, 0.29) is 11.7 Å². The van der Waals surface area contributed by atoms with E-state index in [1.807, 2.05) is 0 Å². The van der Waals surface area contributed by atoms with Gasteiger partial charge >= 0.3 is 0 Å². The molecule has 0 aromatic heterocycles. The van der Waals surface area contributed by atoms with Gasteiger partial charge in [-0.1, -0.05) is 23.8 Å². The molecular weight excluding hydrogens is 341 g/mol. The van der Waals surface area contributed by atoms with Crippen molar-refractivity contribution in [3.8, 4) is 0 Å². The molecule has 3 fully saturated rings. The van der Waals surface area contributed by atoms with Crippen molar-refractivity contribution in [2.75, 3.05) is 32.7 Å². The van der Waals surface area contributed by atoms with E-state index >= 15 is 0 Å². The van der Waals surface area contributed by atoms with E-state index in [1.165, 1.54) is 37.1 Å².